The van der Waals surface area contributed by atoms with E-state index in [1.807, 2.05) is 37.3 Å². The summed E-state index contributed by atoms with van der Waals surface area (Å²) in [5, 5.41) is 7.36. The summed E-state index contributed by atoms with van der Waals surface area (Å²) in [6.45, 7) is 1.83. The first-order valence-electron chi connectivity index (χ1n) is 12.3. The van der Waals surface area contributed by atoms with E-state index in [1.54, 1.807) is 18.3 Å². The number of aromatic nitrogens is 2. The van der Waals surface area contributed by atoms with E-state index in [4.69, 9.17) is 0 Å². The quantitative estimate of drug-likeness (QED) is 0.233. The third-order valence-corrected chi connectivity index (χ3v) is 7.98. The largest absolute Gasteiger partial charge is 0.360 e. The Balaban J connectivity index is 1.25. The number of rotatable bonds is 6. The predicted octanol–water partition coefficient (Wildman–Crippen LogP) is 6.81. The second kappa shape index (κ2) is 9.44. The van der Waals surface area contributed by atoms with Crippen molar-refractivity contribution in [3.63, 3.8) is 0 Å². The number of fused-ring (bicyclic) bond motifs is 2. The van der Waals surface area contributed by atoms with Crippen LogP contribution in [0.4, 0.5) is 9.52 Å². The summed E-state index contributed by atoms with van der Waals surface area (Å²) in [4.78, 5) is 33.2. The zero-order valence-corrected chi connectivity index (χ0v) is 21.0. The number of amides is 2. The Morgan fingerprint density at radius 1 is 1.08 bits per heavy atom. The van der Waals surface area contributed by atoms with E-state index in [0.29, 0.717) is 16.3 Å². The fourth-order valence-corrected chi connectivity index (χ4v) is 5.57. The van der Waals surface area contributed by atoms with Crippen molar-refractivity contribution in [2.45, 2.75) is 32.2 Å². The summed E-state index contributed by atoms with van der Waals surface area (Å²) < 4.78 is 14.6. The average Bonchev–Trinajstić information content (AvgIpc) is 3.45. The van der Waals surface area contributed by atoms with Gasteiger partial charge in [-0.3, -0.25) is 9.59 Å². The number of halogens is 1. The molecular formula is C29H25FN4O2S. The van der Waals surface area contributed by atoms with Gasteiger partial charge in [-0.15, -0.1) is 0 Å². The van der Waals surface area contributed by atoms with E-state index in [0.717, 1.165) is 51.5 Å². The lowest BCUT2D eigenvalue weighted by Gasteiger charge is -2.23. The number of H-pyrrole nitrogens is 1. The lowest BCUT2D eigenvalue weighted by molar-refractivity contribution is -0.122. The predicted molar refractivity (Wildman–Crippen MR) is 145 cm³/mol. The van der Waals surface area contributed by atoms with Gasteiger partial charge in [-0.05, 0) is 72.9 Å². The van der Waals surface area contributed by atoms with Gasteiger partial charge in [-0.1, -0.05) is 42.0 Å². The molecule has 0 saturated heterocycles. The molecule has 2 aromatic heterocycles. The fourth-order valence-electron chi connectivity index (χ4n) is 4.66. The van der Waals surface area contributed by atoms with Crippen molar-refractivity contribution < 1.29 is 14.0 Å². The van der Waals surface area contributed by atoms with Crippen LogP contribution in [0.3, 0.4) is 0 Å². The molecule has 2 amide bonds. The number of nitrogens with zero attached hydrogens (tertiary/aromatic N) is 1. The molecule has 1 fully saturated rings. The first kappa shape index (κ1) is 23.4. The van der Waals surface area contributed by atoms with Crippen LogP contribution in [0.2, 0.25) is 0 Å². The zero-order valence-electron chi connectivity index (χ0n) is 20.2. The molecule has 8 heteroatoms. The second-order valence-corrected chi connectivity index (χ2v) is 10.6. The number of anilines is 1. The van der Waals surface area contributed by atoms with Crippen LogP contribution in [0.5, 0.6) is 0 Å². The third-order valence-electron chi connectivity index (χ3n) is 7.05. The van der Waals surface area contributed by atoms with Crippen molar-refractivity contribution in [1.82, 2.24) is 15.3 Å². The van der Waals surface area contributed by atoms with Crippen molar-refractivity contribution in [3.05, 3.63) is 83.8 Å². The lowest BCUT2D eigenvalue weighted by atomic mass is 9.85. The molecule has 0 aliphatic heterocycles. The van der Waals surface area contributed by atoms with Crippen molar-refractivity contribution in [3.8, 4) is 11.1 Å². The maximum absolute atomic E-state index is 13.6. The Kier molecular flexibility index (Phi) is 5.96. The monoisotopic (exact) mass is 512 g/mol. The molecule has 0 radical (unpaired) electrons. The highest BCUT2D eigenvalue weighted by Crippen LogP contribution is 2.34. The lowest BCUT2D eigenvalue weighted by Crippen LogP contribution is -2.27. The van der Waals surface area contributed by atoms with Gasteiger partial charge in [0.25, 0.3) is 5.91 Å². The Hall–Kier alpha value is -4.04. The summed E-state index contributed by atoms with van der Waals surface area (Å²) in [6, 6.07) is 17.9. The number of nitrogens with one attached hydrogen (secondary N) is 3. The minimum atomic E-state index is -0.343. The summed E-state index contributed by atoms with van der Waals surface area (Å²) >= 11 is 1.47. The first-order valence-corrected chi connectivity index (χ1v) is 13.2. The number of benzene rings is 3. The van der Waals surface area contributed by atoms with Crippen LogP contribution in [0.25, 0.3) is 32.2 Å². The summed E-state index contributed by atoms with van der Waals surface area (Å²) in [5.74, 6) is -0.397. The fraction of sp³-hybridized carbons (Fsp3) is 0.207. The smallest absolute Gasteiger partial charge is 0.253 e. The minimum absolute atomic E-state index is 0.0564. The van der Waals surface area contributed by atoms with Crippen LogP contribution in [0.15, 0.2) is 66.9 Å². The van der Waals surface area contributed by atoms with Crippen LogP contribution < -0.4 is 10.6 Å². The van der Waals surface area contributed by atoms with E-state index in [9.17, 15) is 14.0 Å². The third kappa shape index (κ3) is 4.60. The summed E-state index contributed by atoms with van der Waals surface area (Å²) in [5.41, 5.74) is 4.89. The molecule has 0 unspecified atom stereocenters. The van der Waals surface area contributed by atoms with Gasteiger partial charge in [0, 0.05) is 23.0 Å². The topological polar surface area (TPSA) is 86.9 Å². The van der Waals surface area contributed by atoms with E-state index in [2.05, 4.69) is 26.7 Å². The average molecular weight is 513 g/mol. The molecule has 3 N–H and O–H groups in total. The van der Waals surface area contributed by atoms with E-state index >= 15 is 0 Å². The van der Waals surface area contributed by atoms with Gasteiger partial charge < -0.3 is 15.6 Å². The Labute approximate surface area is 216 Å². The van der Waals surface area contributed by atoms with Crippen LogP contribution in [0, 0.1) is 11.7 Å². The highest BCUT2D eigenvalue weighted by molar-refractivity contribution is 7.22. The molecule has 0 bridgehead atoms. The van der Waals surface area contributed by atoms with Crippen molar-refractivity contribution >= 4 is 49.4 Å². The summed E-state index contributed by atoms with van der Waals surface area (Å²) in [7, 11) is 0. The Morgan fingerprint density at radius 3 is 2.68 bits per heavy atom. The van der Waals surface area contributed by atoms with Crippen LogP contribution in [0.1, 0.15) is 48.1 Å². The Bertz CT molecular complexity index is 1650. The standard InChI is InChI=1S/C29H25FN4O2S/c1-16(18-6-3-7-21(30)12-18)32-28(36)23-15-31-24-10-8-19(13-22(23)24)20-9-11-25-26(14-20)37-29(33-25)34-27(35)17-4-2-5-17/h3,6-17,31H,2,4-5H2,1H3,(H,32,36)(H,33,34,35)/t16-/m0/s1. The number of carbonyl (C=O) groups is 2. The van der Waals surface area contributed by atoms with Gasteiger partial charge in [0.05, 0.1) is 21.8 Å². The van der Waals surface area contributed by atoms with Gasteiger partial charge in [0.1, 0.15) is 5.82 Å². The molecule has 1 saturated carbocycles. The zero-order chi connectivity index (χ0) is 25.5. The van der Waals surface area contributed by atoms with Crippen molar-refractivity contribution in [2.24, 2.45) is 5.92 Å². The molecule has 186 valence electrons. The molecule has 3 aromatic carbocycles. The number of aromatic amines is 1. The highest BCUT2D eigenvalue weighted by atomic mass is 32.1. The van der Waals surface area contributed by atoms with Crippen LogP contribution in [-0.4, -0.2) is 21.8 Å². The van der Waals surface area contributed by atoms with Gasteiger partial charge in [-0.2, -0.15) is 0 Å². The maximum Gasteiger partial charge on any atom is 0.253 e. The normalized spacial score (nSPS) is 14.4. The number of hydrogen-bond acceptors (Lipinski definition) is 4. The van der Waals surface area contributed by atoms with Gasteiger partial charge >= 0.3 is 0 Å². The summed E-state index contributed by atoms with van der Waals surface area (Å²) in [6.07, 6.45) is 4.71. The number of thiazole rings is 1. The molecule has 6 rings (SSSR count). The number of hydrogen-bond donors (Lipinski definition) is 3. The molecule has 0 spiro atoms. The van der Waals surface area contributed by atoms with Crippen molar-refractivity contribution in [2.75, 3.05) is 5.32 Å². The Morgan fingerprint density at radius 2 is 1.89 bits per heavy atom. The highest BCUT2D eigenvalue weighted by Gasteiger charge is 2.26. The maximum atomic E-state index is 13.6. The number of carbonyl (C=O) groups excluding carboxylic acids is 2. The van der Waals surface area contributed by atoms with E-state index in [1.165, 1.54) is 23.5 Å². The van der Waals surface area contributed by atoms with Crippen molar-refractivity contribution in [1.29, 1.82) is 0 Å². The SMILES string of the molecule is C[C@H](NC(=O)c1c[nH]c2ccc(-c3ccc4nc(NC(=O)C5CCC5)sc4c3)cc12)c1cccc(F)c1. The molecule has 1 aliphatic rings. The molecule has 37 heavy (non-hydrogen) atoms. The second-order valence-electron chi connectivity index (χ2n) is 9.53. The van der Waals surface area contributed by atoms with E-state index in [-0.39, 0.29) is 29.6 Å². The van der Waals surface area contributed by atoms with Gasteiger partial charge in [0.15, 0.2) is 5.13 Å². The van der Waals surface area contributed by atoms with E-state index < -0.39 is 0 Å². The molecule has 2 heterocycles. The molecule has 1 aliphatic carbocycles. The molecule has 5 aromatic rings. The minimum Gasteiger partial charge on any atom is -0.360 e. The van der Waals surface area contributed by atoms with Crippen LogP contribution >= 0.6 is 11.3 Å². The molecule has 6 nitrogen and oxygen atoms in total. The molecule has 1 atom stereocenters. The first-order chi connectivity index (χ1) is 17.9. The van der Waals surface area contributed by atoms with Crippen LogP contribution in [-0.2, 0) is 4.79 Å². The van der Waals surface area contributed by atoms with Gasteiger partial charge in [-0.25, -0.2) is 9.37 Å². The van der Waals surface area contributed by atoms with Gasteiger partial charge in [0.2, 0.25) is 5.91 Å². The molecular weight excluding hydrogens is 487 g/mol.